The lowest BCUT2D eigenvalue weighted by Crippen LogP contribution is -2.53. The van der Waals surface area contributed by atoms with Gasteiger partial charge in [-0.15, -0.1) is 0 Å². The number of carbonyl (C=O) groups is 4. The molecule has 2 fully saturated rings. The van der Waals surface area contributed by atoms with E-state index in [0.29, 0.717) is 31.7 Å². The first kappa shape index (κ1) is 29.9. The van der Waals surface area contributed by atoms with Gasteiger partial charge < -0.3 is 20.7 Å². The van der Waals surface area contributed by atoms with Crippen LogP contribution >= 0.6 is 0 Å². The van der Waals surface area contributed by atoms with Gasteiger partial charge in [-0.05, 0) is 72.6 Å². The summed E-state index contributed by atoms with van der Waals surface area (Å²) >= 11 is 0. The first-order valence-corrected chi connectivity index (χ1v) is 13.4. The van der Waals surface area contributed by atoms with Crippen molar-refractivity contribution in [2.75, 3.05) is 6.54 Å². The van der Waals surface area contributed by atoms with Crippen molar-refractivity contribution >= 4 is 23.8 Å². The van der Waals surface area contributed by atoms with Crippen molar-refractivity contribution in [1.29, 1.82) is 0 Å². The molecule has 1 aliphatic carbocycles. The predicted octanol–water partition coefficient (Wildman–Crippen LogP) is 3.18. The quantitative estimate of drug-likeness (QED) is 0.242. The molecule has 10 nitrogen and oxygen atoms in total. The maximum atomic E-state index is 13.2. The lowest BCUT2D eigenvalue weighted by Gasteiger charge is -2.29. The van der Waals surface area contributed by atoms with Gasteiger partial charge in [-0.3, -0.25) is 19.2 Å². The lowest BCUT2D eigenvalue weighted by atomic mass is 10.0. The van der Waals surface area contributed by atoms with E-state index >= 15 is 0 Å². The molecule has 36 heavy (non-hydrogen) atoms. The highest BCUT2D eigenvalue weighted by Gasteiger charge is 2.42. The maximum absolute atomic E-state index is 13.2. The zero-order chi connectivity index (χ0) is 26.9. The molecule has 206 valence electrons. The van der Waals surface area contributed by atoms with Crippen molar-refractivity contribution in [3.63, 3.8) is 0 Å². The average Bonchev–Trinajstić information content (AvgIpc) is 3.37. The Labute approximate surface area is 215 Å². The van der Waals surface area contributed by atoms with Crippen molar-refractivity contribution in [3.05, 3.63) is 0 Å². The van der Waals surface area contributed by atoms with Gasteiger partial charge in [0.1, 0.15) is 17.7 Å². The van der Waals surface area contributed by atoms with Crippen molar-refractivity contribution in [2.24, 2.45) is 17.6 Å². The summed E-state index contributed by atoms with van der Waals surface area (Å²) in [5.74, 6) is -0.288. The summed E-state index contributed by atoms with van der Waals surface area (Å²) in [6.07, 6.45) is 7.85. The Morgan fingerprint density at radius 3 is 2.36 bits per heavy atom. The number of likely N-dealkylation sites (tertiary alicyclic amines) is 1. The smallest absolute Gasteiger partial charge is 0.408 e. The maximum Gasteiger partial charge on any atom is 0.408 e. The van der Waals surface area contributed by atoms with Gasteiger partial charge in [-0.25, -0.2) is 10.3 Å². The van der Waals surface area contributed by atoms with Gasteiger partial charge in [0.2, 0.25) is 17.7 Å². The van der Waals surface area contributed by atoms with E-state index in [1.165, 1.54) is 4.90 Å². The van der Waals surface area contributed by atoms with Crippen LogP contribution < -0.4 is 16.5 Å². The van der Waals surface area contributed by atoms with Crippen LogP contribution in [0.5, 0.6) is 0 Å². The Balaban J connectivity index is 1.72. The molecule has 0 unspecified atom stereocenters. The second-order valence-corrected chi connectivity index (χ2v) is 11.4. The van der Waals surface area contributed by atoms with Crippen LogP contribution in [0.4, 0.5) is 4.79 Å². The predicted molar refractivity (Wildman–Crippen MR) is 135 cm³/mol. The highest BCUT2D eigenvalue weighted by molar-refractivity contribution is 5.91. The minimum Gasteiger partial charge on any atom is -0.444 e. The van der Waals surface area contributed by atoms with Crippen molar-refractivity contribution in [3.8, 4) is 0 Å². The number of nitrogens with two attached hydrogens (primary N) is 1. The summed E-state index contributed by atoms with van der Waals surface area (Å²) in [6.45, 7) is 9.51. The standard InChI is InChI=1S/C26H46N4O6/c1-17(2)36-29-23(32)19-16-18(19)12-9-7-6-8-10-13-20(28-25(34)35-26(3,4)5)24(33)30-15-11-14-21(30)22(27)31/h17-21H,6-16H2,1-5H3,(H2,27,31)(H,28,34)(H,29,32)/t18-,19+,20+,21+/m1/s1. The molecule has 1 aliphatic heterocycles. The van der Waals surface area contributed by atoms with E-state index in [4.69, 9.17) is 15.3 Å². The van der Waals surface area contributed by atoms with E-state index in [-0.39, 0.29) is 23.8 Å². The Morgan fingerprint density at radius 2 is 1.72 bits per heavy atom. The van der Waals surface area contributed by atoms with Crippen LogP contribution in [0.3, 0.4) is 0 Å². The fraction of sp³-hybridized carbons (Fsp3) is 0.846. The molecule has 0 bridgehead atoms. The molecule has 1 heterocycles. The third-order valence-corrected chi connectivity index (χ3v) is 6.58. The Morgan fingerprint density at radius 1 is 1.06 bits per heavy atom. The van der Waals surface area contributed by atoms with Gasteiger partial charge in [0.15, 0.2) is 0 Å². The minimum absolute atomic E-state index is 0.0153. The Kier molecular flexibility index (Phi) is 11.5. The number of carbonyl (C=O) groups excluding carboxylic acids is 4. The van der Waals surface area contributed by atoms with Crippen LogP contribution in [0, 0.1) is 11.8 Å². The van der Waals surface area contributed by atoms with Crippen LogP contribution in [-0.2, 0) is 24.0 Å². The normalized spacial score (nSPS) is 22.3. The summed E-state index contributed by atoms with van der Waals surface area (Å²) < 4.78 is 5.35. The number of hydrogen-bond donors (Lipinski definition) is 3. The van der Waals surface area contributed by atoms with Crippen molar-refractivity contribution < 1.29 is 28.8 Å². The van der Waals surface area contributed by atoms with E-state index in [1.54, 1.807) is 20.8 Å². The highest BCUT2D eigenvalue weighted by Crippen LogP contribution is 2.42. The van der Waals surface area contributed by atoms with Crippen molar-refractivity contribution in [2.45, 2.75) is 123 Å². The first-order chi connectivity index (χ1) is 16.9. The fourth-order valence-electron chi connectivity index (χ4n) is 4.66. The van der Waals surface area contributed by atoms with Crippen LogP contribution in [0.2, 0.25) is 0 Å². The number of hydroxylamine groups is 1. The number of alkyl carbamates (subject to hydrolysis) is 1. The number of nitrogens with one attached hydrogen (secondary N) is 2. The SMILES string of the molecule is CC(C)ONC(=O)[C@H]1C[C@H]1CCCCCCC[C@H](NC(=O)OC(C)(C)C)C(=O)N1CCC[C@H]1C(N)=O. The number of rotatable bonds is 14. The third kappa shape index (κ3) is 10.3. The monoisotopic (exact) mass is 510 g/mol. The molecule has 4 N–H and O–H groups in total. The number of primary amides is 1. The molecule has 1 saturated carbocycles. The van der Waals surface area contributed by atoms with Crippen LogP contribution in [0.25, 0.3) is 0 Å². The molecule has 1 saturated heterocycles. The van der Waals surface area contributed by atoms with E-state index in [9.17, 15) is 19.2 Å². The Bertz CT molecular complexity index is 766. The third-order valence-electron chi connectivity index (χ3n) is 6.58. The summed E-state index contributed by atoms with van der Waals surface area (Å²) in [6, 6.07) is -1.37. The zero-order valence-electron chi connectivity index (χ0n) is 22.6. The number of amides is 4. The summed E-state index contributed by atoms with van der Waals surface area (Å²) in [5.41, 5.74) is 7.34. The van der Waals surface area contributed by atoms with E-state index in [1.807, 2.05) is 13.8 Å². The number of nitrogens with zero attached hydrogens (tertiary/aromatic N) is 1. The molecule has 0 aromatic heterocycles. The molecule has 4 amide bonds. The molecule has 0 aromatic rings. The molecule has 2 aliphatic rings. The second kappa shape index (κ2) is 13.8. The van der Waals surface area contributed by atoms with Gasteiger partial charge in [-0.1, -0.05) is 32.1 Å². The second-order valence-electron chi connectivity index (χ2n) is 11.4. The summed E-state index contributed by atoms with van der Waals surface area (Å²) in [7, 11) is 0. The number of hydrogen-bond acceptors (Lipinski definition) is 6. The van der Waals surface area contributed by atoms with Gasteiger partial charge >= 0.3 is 6.09 Å². The van der Waals surface area contributed by atoms with Gasteiger partial charge in [0.05, 0.1) is 6.10 Å². The number of ether oxygens (including phenoxy) is 1. The Hall–Kier alpha value is -2.36. The lowest BCUT2D eigenvalue weighted by molar-refractivity contribution is -0.139. The van der Waals surface area contributed by atoms with Gasteiger partial charge in [-0.2, -0.15) is 0 Å². The van der Waals surface area contributed by atoms with E-state index in [0.717, 1.165) is 44.9 Å². The zero-order valence-corrected chi connectivity index (χ0v) is 22.6. The highest BCUT2D eigenvalue weighted by atomic mass is 16.7. The molecular weight excluding hydrogens is 464 g/mol. The molecule has 2 rings (SSSR count). The van der Waals surface area contributed by atoms with Gasteiger partial charge in [0.25, 0.3) is 0 Å². The average molecular weight is 511 g/mol. The largest absolute Gasteiger partial charge is 0.444 e. The van der Waals surface area contributed by atoms with Crippen LogP contribution in [-0.4, -0.2) is 59.0 Å². The topological polar surface area (TPSA) is 140 Å². The summed E-state index contributed by atoms with van der Waals surface area (Å²) in [5, 5.41) is 2.72. The van der Waals surface area contributed by atoms with E-state index < -0.39 is 29.7 Å². The molecule has 0 aromatic carbocycles. The molecule has 0 spiro atoms. The van der Waals surface area contributed by atoms with Crippen LogP contribution in [0.15, 0.2) is 0 Å². The van der Waals surface area contributed by atoms with Gasteiger partial charge in [0, 0.05) is 12.5 Å². The number of unbranched alkanes of at least 4 members (excludes halogenated alkanes) is 4. The molecule has 4 atom stereocenters. The minimum atomic E-state index is -0.751. The van der Waals surface area contributed by atoms with Crippen LogP contribution in [0.1, 0.15) is 98.8 Å². The molecule has 0 radical (unpaired) electrons. The first-order valence-electron chi connectivity index (χ1n) is 13.4. The molecular formula is C26H46N4O6. The molecule has 10 heteroatoms. The van der Waals surface area contributed by atoms with E-state index in [2.05, 4.69) is 10.8 Å². The fourth-order valence-corrected chi connectivity index (χ4v) is 4.66. The van der Waals surface area contributed by atoms with Crippen molar-refractivity contribution in [1.82, 2.24) is 15.7 Å². The summed E-state index contributed by atoms with van der Waals surface area (Å²) in [4.78, 5) is 56.0.